The first-order chi connectivity index (χ1) is 7.52. The Hall–Kier alpha value is -0.610. The summed E-state index contributed by atoms with van der Waals surface area (Å²) in [4.78, 5) is 13.5. The molecule has 1 rings (SSSR count). The summed E-state index contributed by atoms with van der Waals surface area (Å²) >= 11 is 0. The molecule has 1 N–H and O–H groups in total. The molecule has 0 spiro atoms. The van der Waals surface area contributed by atoms with E-state index in [-0.39, 0.29) is 18.1 Å². The Morgan fingerprint density at radius 3 is 2.69 bits per heavy atom. The van der Waals surface area contributed by atoms with E-state index in [4.69, 9.17) is 9.84 Å². The van der Waals surface area contributed by atoms with Crippen molar-refractivity contribution in [2.75, 3.05) is 20.7 Å². The van der Waals surface area contributed by atoms with Gasteiger partial charge in [0.2, 0.25) is 5.91 Å². The number of rotatable bonds is 6. The van der Waals surface area contributed by atoms with E-state index in [9.17, 15) is 4.79 Å². The van der Waals surface area contributed by atoms with Gasteiger partial charge in [0.05, 0.1) is 12.2 Å². The lowest BCUT2D eigenvalue weighted by atomic mass is 9.82. The number of nitrogens with zero attached hydrogens (tertiary/aromatic N) is 1. The molecule has 16 heavy (non-hydrogen) atoms. The Morgan fingerprint density at radius 2 is 2.19 bits per heavy atom. The summed E-state index contributed by atoms with van der Waals surface area (Å²) in [6.45, 7) is 2.74. The second kappa shape index (κ2) is 6.21. The van der Waals surface area contributed by atoms with E-state index in [0.29, 0.717) is 12.3 Å². The maximum absolute atomic E-state index is 11.7. The zero-order chi connectivity index (χ0) is 12.1. The lowest BCUT2D eigenvalue weighted by Crippen LogP contribution is -2.39. The van der Waals surface area contributed by atoms with E-state index in [1.807, 2.05) is 14.0 Å². The zero-order valence-corrected chi connectivity index (χ0v) is 10.5. The summed E-state index contributed by atoms with van der Waals surface area (Å²) in [6.07, 6.45) is 3.00. The van der Waals surface area contributed by atoms with Crippen molar-refractivity contribution < 1.29 is 14.6 Å². The number of aliphatic hydroxyl groups is 1. The van der Waals surface area contributed by atoms with Crippen LogP contribution in [0.1, 0.15) is 32.6 Å². The van der Waals surface area contributed by atoms with E-state index >= 15 is 0 Å². The third kappa shape index (κ3) is 4.10. The molecule has 0 heterocycles. The van der Waals surface area contributed by atoms with Crippen LogP contribution < -0.4 is 0 Å². The number of hydrogen-bond acceptors (Lipinski definition) is 3. The molecule has 1 amide bonds. The predicted octanol–water partition coefficient (Wildman–Crippen LogP) is 1.03. The first-order valence-corrected chi connectivity index (χ1v) is 5.97. The zero-order valence-electron chi connectivity index (χ0n) is 10.5. The van der Waals surface area contributed by atoms with Gasteiger partial charge in [0.1, 0.15) is 0 Å². The number of methoxy groups -OCH3 is 1. The molecule has 0 saturated heterocycles. The second-order valence-electron chi connectivity index (χ2n) is 4.85. The Kier molecular flexibility index (Phi) is 5.22. The van der Waals surface area contributed by atoms with Gasteiger partial charge in [-0.05, 0) is 32.1 Å². The van der Waals surface area contributed by atoms with E-state index in [1.54, 1.807) is 12.0 Å². The Labute approximate surface area is 97.6 Å². The maximum atomic E-state index is 11.7. The molecule has 0 aromatic heterocycles. The molecule has 1 fully saturated rings. The lowest BCUT2D eigenvalue weighted by molar-refractivity contribution is -0.132. The van der Waals surface area contributed by atoms with Crippen LogP contribution in [-0.2, 0) is 9.53 Å². The molecule has 1 saturated carbocycles. The van der Waals surface area contributed by atoms with E-state index < -0.39 is 0 Å². The van der Waals surface area contributed by atoms with Gasteiger partial charge in [-0.15, -0.1) is 0 Å². The average Bonchev–Trinajstić information content (AvgIpc) is 2.22. The van der Waals surface area contributed by atoms with Crippen molar-refractivity contribution in [2.45, 2.75) is 44.8 Å². The first kappa shape index (κ1) is 13.5. The molecule has 94 valence electrons. The van der Waals surface area contributed by atoms with Gasteiger partial charge in [-0.1, -0.05) is 0 Å². The number of hydrogen-bond donors (Lipinski definition) is 1. The molecule has 0 aromatic carbocycles. The van der Waals surface area contributed by atoms with Crippen LogP contribution in [0, 0.1) is 5.92 Å². The molecule has 0 aromatic rings. The van der Waals surface area contributed by atoms with Gasteiger partial charge in [-0.2, -0.15) is 0 Å². The van der Waals surface area contributed by atoms with Crippen LogP contribution in [0.15, 0.2) is 0 Å². The highest BCUT2D eigenvalue weighted by molar-refractivity contribution is 5.75. The van der Waals surface area contributed by atoms with Gasteiger partial charge in [0.15, 0.2) is 0 Å². The first-order valence-electron chi connectivity index (χ1n) is 5.97. The van der Waals surface area contributed by atoms with Crippen LogP contribution in [0.4, 0.5) is 0 Å². The normalized spacial score (nSPS) is 26.0. The van der Waals surface area contributed by atoms with E-state index in [0.717, 1.165) is 25.8 Å². The molecule has 4 heteroatoms. The number of carbonyl (C=O) groups is 1. The van der Waals surface area contributed by atoms with Crippen molar-refractivity contribution in [3.05, 3.63) is 0 Å². The lowest BCUT2D eigenvalue weighted by Gasteiger charge is -2.34. The van der Waals surface area contributed by atoms with Crippen LogP contribution in [0.2, 0.25) is 0 Å². The summed E-state index contributed by atoms with van der Waals surface area (Å²) in [5.74, 6) is 0.661. The second-order valence-corrected chi connectivity index (χ2v) is 4.85. The van der Waals surface area contributed by atoms with Gasteiger partial charge < -0.3 is 14.7 Å². The van der Waals surface area contributed by atoms with Crippen molar-refractivity contribution in [2.24, 2.45) is 5.92 Å². The van der Waals surface area contributed by atoms with Crippen LogP contribution in [0.5, 0.6) is 0 Å². The Morgan fingerprint density at radius 1 is 1.56 bits per heavy atom. The fourth-order valence-electron chi connectivity index (χ4n) is 1.97. The minimum atomic E-state index is -0.137. The van der Waals surface area contributed by atoms with Gasteiger partial charge >= 0.3 is 0 Å². The van der Waals surface area contributed by atoms with Gasteiger partial charge in [0, 0.05) is 27.1 Å². The summed E-state index contributed by atoms with van der Waals surface area (Å²) < 4.78 is 5.10. The Balaban J connectivity index is 2.15. The highest BCUT2D eigenvalue weighted by atomic mass is 16.5. The van der Waals surface area contributed by atoms with Crippen molar-refractivity contribution in [3.8, 4) is 0 Å². The van der Waals surface area contributed by atoms with Gasteiger partial charge in [-0.3, -0.25) is 4.79 Å². The molecule has 1 aliphatic rings. The van der Waals surface area contributed by atoms with Crippen molar-refractivity contribution >= 4 is 5.91 Å². The van der Waals surface area contributed by atoms with E-state index in [1.165, 1.54) is 0 Å². The third-order valence-corrected chi connectivity index (χ3v) is 3.34. The van der Waals surface area contributed by atoms with Crippen LogP contribution in [0.3, 0.4) is 0 Å². The standard InChI is InChI=1S/C12H23NO3/c1-9(16-3)4-5-12(15)13(2)8-10-6-11(14)7-10/h9-11,14H,4-8H2,1-3H3. The number of amides is 1. The maximum Gasteiger partial charge on any atom is 0.222 e. The van der Waals surface area contributed by atoms with Crippen molar-refractivity contribution in [1.82, 2.24) is 4.90 Å². The molecule has 1 aliphatic carbocycles. The van der Waals surface area contributed by atoms with Gasteiger partial charge in [-0.25, -0.2) is 0 Å². The molecule has 0 aliphatic heterocycles. The summed E-state index contributed by atoms with van der Waals surface area (Å²) in [5.41, 5.74) is 0. The topological polar surface area (TPSA) is 49.8 Å². The molecule has 1 atom stereocenters. The van der Waals surface area contributed by atoms with E-state index in [2.05, 4.69) is 0 Å². The molecule has 0 radical (unpaired) electrons. The van der Waals surface area contributed by atoms with Gasteiger partial charge in [0.25, 0.3) is 0 Å². The average molecular weight is 229 g/mol. The predicted molar refractivity (Wildman–Crippen MR) is 62.1 cm³/mol. The molecule has 0 bridgehead atoms. The summed E-state index contributed by atoms with van der Waals surface area (Å²) in [7, 11) is 3.50. The highest BCUT2D eigenvalue weighted by Gasteiger charge is 2.28. The largest absolute Gasteiger partial charge is 0.393 e. The van der Waals surface area contributed by atoms with Crippen LogP contribution in [0.25, 0.3) is 0 Å². The molecular formula is C12H23NO3. The third-order valence-electron chi connectivity index (χ3n) is 3.34. The summed E-state index contributed by atoms with van der Waals surface area (Å²) in [6, 6.07) is 0. The smallest absolute Gasteiger partial charge is 0.222 e. The van der Waals surface area contributed by atoms with Crippen LogP contribution in [-0.4, -0.2) is 48.8 Å². The molecule has 4 nitrogen and oxygen atoms in total. The number of ether oxygens (including phenoxy) is 1. The van der Waals surface area contributed by atoms with Crippen molar-refractivity contribution in [1.29, 1.82) is 0 Å². The minimum absolute atomic E-state index is 0.137. The fraction of sp³-hybridized carbons (Fsp3) is 0.917. The molecular weight excluding hydrogens is 206 g/mol. The van der Waals surface area contributed by atoms with Crippen LogP contribution >= 0.6 is 0 Å². The number of aliphatic hydroxyl groups excluding tert-OH is 1. The summed E-state index contributed by atoms with van der Waals surface area (Å²) in [5, 5.41) is 9.16. The van der Waals surface area contributed by atoms with Crippen molar-refractivity contribution in [3.63, 3.8) is 0 Å². The fourth-order valence-corrected chi connectivity index (χ4v) is 1.97. The minimum Gasteiger partial charge on any atom is -0.393 e. The monoisotopic (exact) mass is 229 g/mol. The quantitative estimate of drug-likeness (QED) is 0.740. The number of carbonyl (C=O) groups excluding carboxylic acids is 1. The Bertz CT molecular complexity index is 226. The highest BCUT2D eigenvalue weighted by Crippen LogP contribution is 2.27. The molecule has 1 unspecified atom stereocenters. The SMILES string of the molecule is COC(C)CCC(=O)N(C)CC1CC(O)C1.